The minimum Gasteiger partial charge on any atom is -0.491 e. The van der Waals surface area contributed by atoms with Crippen molar-refractivity contribution in [3.8, 4) is 5.75 Å². The number of nitrogens with two attached hydrogens (primary N) is 1. The third-order valence-corrected chi connectivity index (χ3v) is 3.85. The predicted molar refractivity (Wildman–Crippen MR) is 82.4 cm³/mol. The van der Waals surface area contributed by atoms with Gasteiger partial charge in [0.15, 0.2) is 0 Å². The van der Waals surface area contributed by atoms with Crippen LogP contribution in [0.2, 0.25) is 5.02 Å². The van der Waals surface area contributed by atoms with Crippen LogP contribution in [-0.2, 0) is 0 Å². The Morgan fingerprint density at radius 2 is 1.95 bits per heavy atom. The summed E-state index contributed by atoms with van der Waals surface area (Å²) in [6.07, 6.45) is 2.42. The van der Waals surface area contributed by atoms with E-state index in [2.05, 4.69) is 4.90 Å². The maximum atomic E-state index is 6.03. The second kappa shape index (κ2) is 8.64. The summed E-state index contributed by atoms with van der Waals surface area (Å²) >= 11 is 6.03. The maximum Gasteiger partial charge on any atom is 0.137 e. The predicted octanol–water partition coefficient (Wildman–Crippen LogP) is 2.81. The standard InChI is InChI=1S/C14H21ClN2O.ClH/c15-13-3-1-2-4-14(13)18-10-9-17-7-5-12(11-16)6-8-17;/h1-4,12H,5-11,16H2;1H. The molecule has 0 bridgehead atoms. The molecule has 0 radical (unpaired) electrons. The highest BCUT2D eigenvalue weighted by atomic mass is 35.5. The first-order chi connectivity index (χ1) is 8.79. The van der Waals surface area contributed by atoms with Gasteiger partial charge in [-0.2, -0.15) is 0 Å². The van der Waals surface area contributed by atoms with Crippen LogP contribution in [0.3, 0.4) is 0 Å². The molecule has 19 heavy (non-hydrogen) atoms. The molecule has 0 aliphatic carbocycles. The summed E-state index contributed by atoms with van der Waals surface area (Å²) < 4.78 is 5.69. The van der Waals surface area contributed by atoms with Crippen molar-refractivity contribution in [2.24, 2.45) is 11.7 Å². The van der Waals surface area contributed by atoms with Crippen molar-refractivity contribution in [2.45, 2.75) is 12.8 Å². The van der Waals surface area contributed by atoms with Gasteiger partial charge >= 0.3 is 0 Å². The lowest BCUT2D eigenvalue weighted by Gasteiger charge is -2.31. The van der Waals surface area contributed by atoms with Crippen LogP contribution in [0.5, 0.6) is 5.75 Å². The van der Waals surface area contributed by atoms with Gasteiger partial charge in [0, 0.05) is 6.54 Å². The molecule has 0 spiro atoms. The van der Waals surface area contributed by atoms with Crippen molar-refractivity contribution >= 4 is 24.0 Å². The highest BCUT2D eigenvalue weighted by molar-refractivity contribution is 6.32. The van der Waals surface area contributed by atoms with Crippen LogP contribution in [0, 0.1) is 5.92 Å². The smallest absolute Gasteiger partial charge is 0.137 e. The van der Waals surface area contributed by atoms with E-state index in [4.69, 9.17) is 22.1 Å². The molecule has 0 aromatic heterocycles. The van der Waals surface area contributed by atoms with E-state index in [0.717, 1.165) is 31.9 Å². The molecule has 1 saturated heterocycles. The fraction of sp³-hybridized carbons (Fsp3) is 0.571. The van der Waals surface area contributed by atoms with E-state index in [1.807, 2.05) is 24.3 Å². The largest absolute Gasteiger partial charge is 0.491 e. The van der Waals surface area contributed by atoms with Gasteiger partial charge in [-0.3, -0.25) is 4.90 Å². The number of hydrogen-bond acceptors (Lipinski definition) is 3. The zero-order valence-electron chi connectivity index (χ0n) is 11.1. The molecule has 1 heterocycles. The van der Waals surface area contributed by atoms with Crippen molar-refractivity contribution in [3.05, 3.63) is 29.3 Å². The van der Waals surface area contributed by atoms with Gasteiger partial charge in [0.1, 0.15) is 12.4 Å². The lowest BCUT2D eigenvalue weighted by atomic mass is 9.97. The molecular formula is C14H22Cl2N2O. The molecule has 0 unspecified atom stereocenters. The summed E-state index contributed by atoms with van der Waals surface area (Å²) in [5.74, 6) is 1.49. The minimum atomic E-state index is 0. The normalized spacial score (nSPS) is 16.9. The number of para-hydroxylation sites is 1. The number of nitrogens with zero attached hydrogens (tertiary/aromatic N) is 1. The topological polar surface area (TPSA) is 38.5 Å². The number of halogens is 2. The molecular weight excluding hydrogens is 283 g/mol. The fourth-order valence-electron chi connectivity index (χ4n) is 2.29. The molecule has 0 saturated carbocycles. The molecule has 1 aliphatic rings. The average molecular weight is 305 g/mol. The van der Waals surface area contributed by atoms with E-state index >= 15 is 0 Å². The van der Waals surface area contributed by atoms with Gasteiger partial charge in [-0.05, 0) is 50.5 Å². The van der Waals surface area contributed by atoms with E-state index < -0.39 is 0 Å². The molecule has 3 nitrogen and oxygen atoms in total. The Balaban J connectivity index is 0.00000180. The zero-order valence-corrected chi connectivity index (χ0v) is 12.6. The molecule has 108 valence electrons. The van der Waals surface area contributed by atoms with Crippen molar-refractivity contribution in [1.29, 1.82) is 0 Å². The lowest BCUT2D eigenvalue weighted by molar-refractivity contribution is 0.157. The van der Waals surface area contributed by atoms with Crippen LogP contribution in [-0.4, -0.2) is 37.7 Å². The van der Waals surface area contributed by atoms with Gasteiger partial charge in [0.05, 0.1) is 5.02 Å². The van der Waals surface area contributed by atoms with Crippen LogP contribution in [0.4, 0.5) is 0 Å². The Labute approximate surface area is 126 Å². The second-order valence-electron chi connectivity index (χ2n) is 4.80. The van der Waals surface area contributed by atoms with E-state index in [1.165, 1.54) is 12.8 Å². The number of hydrogen-bond donors (Lipinski definition) is 1. The SMILES string of the molecule is Cl.NCC1CCN(CCOc2ccccc2Cl)CC1. The van der Waals surface area contributed by atoms with Crippen LogP contribution in [0.15, 0.2) is 24.3 Å². The van der Waals surface area contributed by atoms with Gasteiger partial charge in [-0.1, -0.05) is 23.7 Å². The number of ether oxygens (including phenoxy) is 1. The van der Waals surface area contributed by atoms with Crippen LogP contribution in [0.25, 0.3) is 0 Å². The number of piperidine rings is 1. The van der Waals surface area contributed by atoms with Crippen molar-refractivity contribution in [3.63, 3.8) is 0 Å². The zero-order chi connectivity index (χ0) is 12.8. The lowest BCUT2D eigenvalue weighted by Crippen LogP contribution is -2.38. The third-order valence-electron chi connectivity index (χ3n) is 3.54. The summed E-state index contributed by atoms with van der Waals surface area (Å²) in [6.45, 7) is 4.74. The van der Waals surface area contributed by atoms with E-state index in [-0.39, 0.29) is 12.4 Å². The molecule has 1 fully saturated rings. The Morgan fingerprint density at radius 1 is 1.26 bits per heavy atom. The monoisotopic (exact) mass is 304 g/mol. The quantitative estimate of drug-likeness (QED) is 0.909. The number of benzene rings is 1. The van der Waals surface area contributed by atoms with Gasteiger partial charge < -0.3 is 10.5 Å². The summed E-state index contributed by atoms with van der Waals surface area (Å²) in [4.78, 5) is 2.43. The molecule has 0 atom stereocenters. The Bertz CT molecular complexity index is 368. The average Bonchev–Trinajstić information content (AvgIpc) is 2.42. The first kappa shape index (κ1) is 16.6. The summed E-state index contributed by atoms with van der Waals surface area (Å²) in [6, 6.07) is 7.60. The third kappa shape index (κ3) is 5.19. The van der Waals surface area contributed by atoms with E-state index in [0.29, 0.717) is 17.5 Å². The van der Waals surface area contributed by atoms with Crippen molar-refractivity contribution in [1.82, 2.24) is 4.90 Å². The fourth-order valence-corrected chi connectivity index (χ4v) is 2.48. The summed E-state index contributed by atoms with van der Waals surface area (Å²) in [5.41, 5.74) is 5.68. The van der Waals surface area contributed by atoms with Crippen molar-refractivity contribution in [2.75, 3.05) is 32.8 Å². The maximum absolute atomic E-state index is 6.03. The molecule has 5 heteroatoms. The highest BCUT2D eigenvalue weighted by Crippen LogP contribution is 2.23. The molecule has 2 N–H and O–H groups in total. The molecule has 1 aromatic carbocycles. The van der Waals surface area contributed by atoms with Gasteiger partial charge in [-0.15, -0.1) is 12.4 Å². The summed E-state index contributed by atoms with van der Waals surface area (Å²) in [5, 5.41) is 0.680. The molecule has 1 aliphatic heterocycles. The van der Waals surface area contributed by atoms with E-state index in [1.54, 1.807) is 0 Å². The Kier molecular flexibility index (Phi) is 7.54. The number of likely N-dealkylation sites (tertiary alicyclic amines) is 1. The second-order valence-corrected chi connectivity index (χ2v) is 5.21. The van der Waals surface area contributed by atoms with E-state index in [9.17, 15) is 0 Å². The van der Waals surface area contributed by atoms with Gasteiger partial charge in [-0.25, -0.2) is 0 Å². The van der Waals surface area contributed by atoms with Crippen LogP contribution >= 0.6 is 24.0 Å². The van der Waals surface area contributed by atoms with Crippen molar-refractivity contribution < 1.29 is 4.74 Å². The molecule has 0 amide bonds. The Morgan fingerprint density at radius 3 is 2.58 bits per heavy atom. The summed E-state index contributed by atoms with van der Waals surface area (Å²) in [7, 11) is 0. The van der Waals surface area contributed by atoms with Gasteiger partial charge in [0.2, 0.25) is 0 Å². The van der Waals surface area contributed by atoms with Gasteiger partial charge in [0.25, 0.3) is 0 Å². The first-order valence-electron chi connectivity index (χ1n) is 6.59. The van der Waals surface area contributed by atoms with Crippen LogP contribution < -0.4 is 10.5 Å². The Hall–Kier alpha value is -0.480. The highest BCUT2D eigenvalue weighted by Gasteiger charge is 2.17. The molecule has 1 aromatic rings. The first-order valence-corrected chi connectivity index (χ1v) is 6.97. The van der Waals surface area contributed by atoms with Crippen LogP contribution in [0.1, 0.15) is 12.8 Å². The molecule has 2 rings (SSSR count). The number of rotatable bonds is 5. The minimum absolute atomic E-state index is 0.